The van der Waals surface area contributed by atoms with Crippen LogP contribution < -0.4 is 0 Å². The molecule has 0 aromatic carbocycles. The van der Waals surface area contributed by atoms with Gasteiger partial charge in [0.2, 0.25) is 0 Å². The van der Waals surface area contributed by atoms with Gasteiger partial charge in [-0.3, -0.25) is 4.79 Å². The van der Waals surface area contributed by atoms with E-state index in [9.17, 15) is 4.79 Å². The zero-order chi connectivity index (χ0) is 6.69. The molecular formula is C5H8N2O3. The molecule has 10 heavy (non-hydrogen) atoms. The van der Waals surface area contributed by atoms with Crippen molar-refractivity contribution in [2.75, 3.05) is 0 Å². The second-order valence-electron chi connectivity index (χ2n) is 1.65. The average molecular weight is 144 g/mol. The largest absolute Gasteiger partial charge is 0.481 e. The minimum atomic E-state index is -0.848. The average Bonchev–Trinajstić information content (AvgIpc) is 2.15. The van der Waals surface area contributed by atoms with Crippen LogP contribution in [0.25, 0.3) is 0 Å². The summed E-state index contributed by atoms with van der Waals surface area (Å²) in [5.41, 5.74) is 0.627. The molecule has 1 rings (SSSR count). The third-order valence-corrected chi connectivity index (χ3v) is 0.897. The third-order valence-electron chi connectivity index (χ3n) is 0.897. The highest BCUT2D eigenvalue weighted by molar-refractivity contribution is 5.69. The van der Waals surface area contributed by atoms with Crippen LogP contribution in [0.15, 0.2) is 12.5 Å². The minimum Gasteiger partial charge on any atom is -0.481 e. The standard InChI is InChI=1S/C5H6N2O2.H2O/c8-5(9)1-4-2-6-3-7-4;/h2-3H,1H2,(H,6,7)(H,8,9);1H2. The maximum atomic E-state index is 10.0. The lowest BCUT2D eigenvalue weighted by Gasteiger charge is -1.85. The molecule has 0 saturated carbocycles. The summed E-state index contributed by atoms with van der Waals surface area (Å²) >= 11 is 0. The Morgan fingerprint density at radius 2 is 2.50 bits per heavy atom. The molecule has 0 aliphatic carbocycles. The third kappa shape index (κ3) is 2.27. The Balaban J connectivity index is 0.000000810. The molecule has 0 spiro atoms. The van der Waals surface area contributed by atoms with Gasteiger partial charge in [-0.15, -0.1) is 0 Å². The Morgan fingerprint density at radius 1 is 1.80 bits per heavy atom. The van der Waals surface area contributed by atoms with E-state index in [1.54, 1.807) is 0 Å². The Morgan fingerprint density at radius 3 is 2.90 bits per heavy atom. The van der Waals surface area contributed by atoms with E-state index in [2.05, 4.69) is 9.97 Å². The van der Waals surface area contributed by atoms with Crippen molar-refractivity contribution in [3.05, 3.63) is 18.2 Å². The molecule has 4 N–H and O–H groups in total. The smallest absolute Gasteiger partial charge is 0.309 e. The molecule has 56 valence electrons. The van der Waals surface area contributed by atoms with E-state index in [0.717, 1.165) is 0 Å². The quantitative estimate of drug-likeness (QED) is 0.569. The Kier molecular flexibility index (Phi) is 3.13. The van der Waals surface area contributed by atoms with Crippen LogP contribution in [-0.2, 0) is 11.2 Å². The molecule has 5 nitrogen and oxygen atoms in total. The Labute approximate surface area is 57.0 Å². The summed E-state index contributed by atoms with van der Waals surface area (Å²) in [4.78, 5) is 16.4. The van der Waals surface area contributed by atoms with E-state index in [-0.39, 0.29) is 11.9 Å². The zero-order valence-corrected chi connectivity index (χ0v) is 5.16. The van der Waals surface area contributed by atoms with Crippen LogP contribution in [-0.4, -0.2) is 26.5 Å². The number of hydrogen-bond acceptors (Lipinski definition) is 2. The molecule has 0 unspecified atom stereocenters. The van der Waals surface area contributed by atoms with Crippen LogP contribution in [0.1, 0.15) is 5.69 Å². The normalized spacial score (nSPS) is 8.40. The summed E-state index contributed by atoms with van der Waals surface area (Å²) in [6, 6.07) is 0. The zero-order valence-electron chi connectivity index (χ0n) is 5.16. The van der Waals surface area contributed by atoms with Gasteiger partial charge in [0.1, 0.15) is 0 Å². The summed E-state index contributed by atoms with van der Waals surface area (Å²) < 4.78 is 0. The number of aliphatic carboxylic acids is 1. The second-order valence-corrected chi connectivity index (χ2v) is 1.65. The topological polar surface area (TPSA) is 97.5 Å². The summed E-state index contributed by atoms with van der Waals surface area (Å²) in [5.74, 6) is -0.848. The first-order valence-corrected chi connectivity index (χ1v) is 2.48. The van der Waals surface area contributed by atoms with Gasteiger partial charge in [-0.1, -0.05) is 0 Å². The van der Waals surface area contributed by atoms with E-state index in [1.165, 1.54) is 12.5 Å². The number of carboxylic acids is 1. The molecule has 0 saturated heterocycles. The number of H-pyrrole nitrogens is 1. The van der Waals surface area contributed by atoms with Gasteiger partial charge >= 0.3 is 5.97 Å². The van der Waals surface area contributed by atoms with Crippen LogP contribution in [0, 0.1) is 0 Å². The highest BCUT2D eigenvalue weighted by atomic mass is 16.4. The first-order valence-electron chi connectivity index (χ1n) is 2.48. The summed E-state index contributed by atoms with van der Waals surface area (Å²) in [6.07, 6.45) is 2.96. The van der Waals surface area contributed by atoms with E-state index in [0.29, 0.717) is 5.69 Å². The van der Waals surface area contributed by atoms with Crippen molar-refractivity contribution in [3.8, 4) is 0 Å². The van der Waals surface area contributed by atoms with Crippen molar-refractivity contribution in [1.82, 2.24) is 9.97 Å². The monoisotopic (exact) mass is 144 g/mol. The number of rotatable bonds is 2. The molecule has 0 radical (unpaired) electrons. The summed E-state index contributed by atoms with van der Waals surface area (Å²) in [6.45, 7) is 0. The van der Waals surface area contributed by atoms with Gasteiger partial charge in [0.25, 0.3) is 0 Å². The first-order chi connectivity index (χ1) is 4.29. The highest BCUT2D eigenvalue weighted by Crippen LogP contribution is 1.90. The molecule has 1 aromatic heterocycles. The molecule has 0 amide bonds. The molecule has 1 aromatic rings. The predicted molar refractivity (Wildman–Crippen MR) is 33.5 cm³/mol. The van der Waals surface area contributed by atoms with Gasteiger partial charge in [-0.05, 0) is 0 Å². The lowest BCUT2D eigenvalue weighted by atomic mass is 10.3. The van der Waals surface area contributed by atoms with Gasteiger partial charge in [-0.25, -0.2) is 4.98 Å². The summed E-state index contributed by atoms with van der Waals surface area (Å²) in [5, 5.41) is 8.24. The molecule has 0 atom stereocenters. The molecular weight excluding hydrogens is 136 g/mol. The fourth-order valence-corrected chi connectivity index (χ4v) is 0.544. The van der Waals surface area contributed by atoms with Crippen LogP contribution in [0.5, 0.6) is 0 Å². The molecule has 5 heteroatoms. The van der Waals surface area contributed by atoms with Gasteiger partial charge in [0.05, 0.1) is 12.7 Å². The van der Waals surface area contributed by atoms with Crippen molar-refractivity contribution in [2.24, 2.45) is 0 Å². The van der Waals surface area contributed by atoms with Crippen molar-refractivity contribution in [3.63, 3.8) is 0 Å². The predicted octanol–water partition coefficient (Wildman–Crippen LogP) is -0.788. The number of hydrogen-bond donors (Lipinski definition) is 2. The van der Waals surface area contributed by atoms with Crippen LogP contribution in [0.2, 0.25) is 0 Å². The lowest BCUT2D eigenvalue weighted by molar-refractivity contribution is -0.136. The lowest BCUT2D eigenvalue weighted by Crippen LogP contribution is -1.99. The van der Waals surface area contributed by atoms with Crippen molar-refractivity contribution < 1.29 is 15.4 Å². The maximum Gasteiger partial charge on any atom is 0.309 e. The number of nitrogens with zero attached hydrogens (tertiary/aromatic N) is 1. The molecule has 0 bridgehead atoms. The second kappa shape index (κ2) is 3.62. The van der Waals surface area contributed by atoms with Gasteiger partial charge in [0.15, 0.2) is 0 Å². The van der Waals surface area contributed by atoms with E-state index >= 15 is 0 Å². The SMILES string of the molecule is O.O=C(O)Cc1cnc[nH]1. The summed E-state index contributed by atoms with van der Waals surface area (Å²) in [7, 11) is 0. The number of carboxylic acid groups (broad SMARTS) is 1. The molecule has 1 heterocycles. The number of nitrogens with one attached hydrogen (secondary N) is 1. The number of aromatic nitrogens is 2. The number of carbonyl (C=O) groups is 1. The van der Waals surface area contributed by atoms with Crippen molar-refractivity contribution in [1.29, 1.82) is 0 Å². The Bertz CT molecular complexity index is 195. The number of imidazole rings is 1. The van der Waals surface area contributed by atoms with Gasteiger partial charge in [0, 0.05) is 11.9 Å². The van der Waals surface area contributed by atoms with E-state index < -0.39 is 5.97 Å². The van der Waals surface area contributed by atoms with E-state index in [1.807, 2.05) is 0 Å². The molecule has 0 aliphatic heterocycles. The first kappa shape index (κ1) is 8.64. The molecule has 0 aliphatic rings. The van der Waals surface area contributed by atoms with Gasteiger partial charge < -0.3 is 15.6 Å². The van der Waals surface area contributed by atoms with Crippen LogP contribution >= 0.6 is 0 Å². The van der Waals surface area contributed by atoms with Gasteiger partial charge in [-0.2, -0.15) is 0 Å². The van der Waals surface area contributed by atoms with Crippen molar-refractivity contribution in [2.45, 2.75) is 6.42 Å². The molecule has 0 fully saturated rings. The fourth-order valence-electron chi connectivity index (χ4n) is 0.544. The number of aromatic amines is 1. The van der Waals surface area contributed by atoms with Crippen molar-refractivity contribution >= 4 is 5.97 Å². The maximum absolute atomic E-state index is 10.0. The highest BCUT2D eigenvalue weighted by Gasteiger charge is 1.98. The minimum absolute atomic E-state index is 0. The Hall–Kier alpha value is -1.36. The van der Waals surface area contributed by atoms with Crippen LogP contribution in [0.4, 0.5) is 0 Å². The fraction of sp³-hybridized carbons (Fsp3) is 0.200. The van der Waals surface area contributed by atoms with E-state index in [4.69, 9.17) is 5.11 Å². The van der Waals surface area contributed by atoms with Crippen LogP contribution in [0.3, 0.4) is 0 Å².